The molecule has 2 amide bonds. The molecule has 176 valence electrons. The maximum Gasteiger partial charge on any atom is 0.306 e. The molecule has 32 heavy (non-hydrogen) atoms. The second kappa shape index (κ2) is 16.7. The van der Waals surface area contributed by atoms with E-state index < -0.39 is 12.0 Å². The molecule has 8 nitrogen and oxygen atoms in total. The molecule has 0 spiro atoms. The molecule has 0 heterocycles. The number of hydrogen-bond acceptors (Lipinski definition) is 6. The van der Waals surface area contributed by atoms with E-state index in [1.807, 2.05) is 30.3 Å². The number of allylic oxidation sites excluding steroid dienone is 2. The average Bonchev–Trinajstić information content (AvgIpc) is 2.80. The van der Waals surface area contributed by atoms with Gasteiger partial charge in [0.25, 0.3) is 0 Å². The lowest BCUT2D eigenvalue weighted by molar-refractivity contribution is -0.145. The Morgan fingerprint density at radius 1 is 1.09 bits per heavy atom. The molecular weight excluding hydrogens is 412 g/mol. The Kier molecular flexibility index (Phi) is 14.1. The van der Waals surface area contributed by atoms with Gasteiger partial charge in [-0.25, -0.2) is 0 Å². The van der Waals surface area contributed by atoms with Gasteiger partial charge in [0, 0.05) is 19.4 Å². The molecule has 3 N–H and O–H groups in total. The summed E-state index contributed by atoms with van der Waals surface area (Å²) in [7, 11) is 0. The third-order valence-corrected chi connectivity index (χ3v) is 4.54. The molecule has 1 rings (SSSR count). The van der Waals surface area contributed by atoms with Gasteiger partial charge < -0.3 is 25.2 Å². The van der Waals surface area contributed by atoms with Crippen LogP contribution in [0.1, 0.15) is 37.3 Å². The van der Waals surface area contributed by atoms with Crippen LogP contribution in [0, 0.1) is 5.92 Å². The van der Waals surface area contributed by atoms with E-state index >= 15 is 0 Å². The van der Waals surface area contributed by atoms with Crippen molar-refractivity contribution in [3.05, 3.63) is 61.2 Å². The molecule has 0 fully saturated rings. The minimum absolute atomic E-state index is 0.0130. The van der Waals surface area contributed by atoms with Gasteiger partial charge in [0.2, 0.25) is 11.8 Å². The van der Waals surface area contributed by atoms with Crippen molar-refractivity contribution in [1.82, 2.24) is 10.6 Å². The molecule has 8 heteroatoms. The summed E-state index contributed by atoms with van der Waals surface area (Å²) in [6.07, 6.45) is 4.28. The lowest BCUT2D eigenvalue weighted by Crippen LogP contribution is -2.39. The van der Waals surface area contributed by atoms with E-state index in [4.69, 9.17) is 14.6 Å². The SMILES string of the molecule is C=CCCC(=O)OC[C@@H](NC(=O)[C@@H](CC=C)CC(=O)NCCOCCO)c1ccccc1. The van der Waals surface area contributed by atoms with Crippen LogP contribution in [0.2, 0.25) is 0 Å². The van der Waals surface area contributed by atoms with Crippen LogP contribution in [0.5, 0.6) is 0 Å². The standard InChI is InChI=1S/C24H34N2O6/c1-3-5-12-23(29)32-18-21(19-10-7-6-8-11-19)26-24(30)20(9-4-2)17-22(28)25-13-15-31-16-14-27/h3-4,6-8,10-11,20-21,27H,1-2,5,9,12-18H2,(H,25,28)(H,26,30)/t20-,21+/m0/s1. The number of hydrogen-bond donors (Lipinski definition) is 3. The van der Waals surface area contributed by atoms with Gasteiger partial charge in [0.05, 0.1) is 31.8 Å². The van der Waals surface area contributed by atoms with Crippen molar-refractivity contribution in [3.63, 3.8) is 0 Å². The number of carbonyl (C=O) groups excluding carboxylic acids is 3. The number of esters is 1. The first-order valence-corrected chi connectivity index (χ1v) is 10.7. The Labute approximate surface area is 189 Å². The Balaban J connectivity index is 2.71. The fourth-order valence-electron chi connectivity index (χ4n) is 2.87. The molecule has 0 aliphatic heterocycles. The van der Waals surface area contributed by atoms with E-state index in [2.05, 4.69) is 23.8 Å². The van der Waals surface area contributed by atoms with Crippen LogP contribution in [0.4, 0.5) is 0 Å². The molecule has 1 aromatic carbocycles. The zero-order chi connectivity index (χ0) is 23.6. The zero-order valence-electron chi connectivity index (χ0n) is 18.5. The highest BCUT2D eigenvalue weighted by atomic mass is 16.5. The molecule has 0 aliphatic carbocycles. The summed E-state index contributed by atoms with van der Waals surface area (Å²) in [5.74, 6) is -1.60. The number of benzene rings is 1. The van der Waals surface area contributed by atoms with Crippen LogP contribution in [0.15, 0.2) is 55.6 Å². The molecule has 0 saturated heterocycles. The van der Waals surface area contributed by atoms with Gasteiger partial charge in [0.1, 0.15) is 6.61 Å². The van der Waals surface area contributed by atoms with Gasteiger partial charge in [-0.3, -0.25) is 14.4 Å². The molecule has 0 aliphatic rings. The zero-order valence-corrected chi connectivity index (χ0v) is 18.5. The van der Waals surface area contributed by atoms with Crippen LogP contribution < -0.4 is 10.6 Å². The van der Waals surface area contributed by atoms with Crippen LogP contribution in [-0.2, 0) is 23.9 Å². The number of nitrogens with one attached hydrogen (secondary N) is 2. The van der Waals surface area contributed by atoms with Crippen molar-refractivity contribution in [3.8, 4) is 0 Å². The molecule has 2 atom stereocenters. The summed E-state index contributed by atoms with van der Waals surface area (Å²) in [4.78, 5) is 37.1. The van der Waals surface area contributed by atoms with Crippen LogP contribution in [0.3, 0.4) is 0 Å². The van der Waals surface area contributed by atoms with Crippen molar-refractivity contribution in [2.24, 2.45) is 5.92 Å². The predicted molar refractivity (Wildman–Crippen MR) is 122 cm³/mol. The van der Waals surface area contributed by atoms with Crippen molar-refractivity contribution >= 4 is 17.8 Å². The van der Waals surface area contributed by atoms with Crippen molar-refractivity contribution < 1.29 is 29.0 Å². The van der Waals surface area contributed by atoms with E-state index in [0.717, 1.165) is 5.56 Å². The minimum Gasteiger partial charge on any atom is -0.463 e. The number of aliphatic hydroxyl groups excluding tert-OH is 1. The lowest BCUT2D eigenvalue weighted by atomic mass is 9.98. The molecule has 1 aromatic rings. The van der Waals surface area contributed by atoms with E-state index in [0.29, 0.717) is 12.8 Å². The first kappa shape index (κ1) is 27.1. The highest BCUT2D eigenvalue weighted by Gasteiger charge is 2.24. The topological polar surface area (TPSA) is 114 Å². The second-order valence-electron chi connectivity index (χ2n) is 7.09. The Morgan fingerprint density at radius 2 is 1.84 bits per heavy atom. The second-order valence-corrected chi connectivity index (χ2v) is 7.09. The Morgan fingerprint density at radius 3 is 2.50 bits per heavy atom. The maximum atomic E-state index is 12.9. The van der Waals surface area contributed by atoms with Gasteiger partial charge in [-0.05, 0) is 18.4 Å². The minimum atomic E-state index is -0.617. The normalized spacial score (nSPS) is 12.3. The van der Waals surface area contributed by atoms with E-state index in [-0.39, 0.29) is 63.6 Å². The largest absolute Gasteiger partial charge is 0.463 e. The maximum absolute atomic E-state index is 12.9. The molecule has 0 unspecified atom stereocenters. The van der Waals surface area contributed by atoms with Gasteiger partial charge in [0.15, 0.2) is 0 Å². The quantitative estimate of drug-likeness (QED) is 0.192. The number of ether oxygens (including phenoxy) is 2. The van der Waals surface area contributed by atoms with E-state index in [1.54, 1.807) is 12.2 Å². The summed E-state index contributed by atoms with van der Waals surface area (Å²) in [6.45, 7) is 7.94. The third-order valence-electron chi connectivity index (χ3n) is 4.54. The number of aliphatic hydroxyl groups is 1. The molecule has 0 radical (unpaired) electrons. The van der Waals surface area contributed by atoms with Gasteiger partial charge in [-0.1, -0.05) is 42.5 Å². The fourth-order valence-corrected chi connectivity index (χ4v) is 2.87. The van der Waals surface area contributed by atoms with E-state index in [9.17, 15) is 14.4 Å². The predicted octanol–water partition coefficient (Wildman–Crippen LogP) is 2.06. The number of carbonyl (C=O) groups is 3. The molecular formula is C24H34N2O6. The summed E-state index contributed by atoms with van der Waals surface area (Å²) < 4.78 is 10.4. The van der Waals surface area contributed by atoms with Crippen molar-refractivity contribution in [2.45, 2.75) is 31.7 Å². The van der Waals surface area contributed by atoms with Crippen LogP contribution in [0.25, 0.3) is 0 Å². The smallest absolute Gasteiger partial charge is 0.306 e. The molecule has 0 bridgehead atoms. The summed E-state index contributed by atoms with van der Waals surface area (Å²) in [5, 5.41) is 14.3. The van der Waals surface area contributed by atoms with Gasteiger partial charge >= 0.3 is 5.97 Å². The highest BCUT2D eigenvalue weighted by Crippen LogP contribution is 2.17. The lowest BCUT2D eigenvalue weighted by Gasteiger charge is -2.22. The summed E-state index contributed by atoms with van der Waals surface area (Å²) in [6, 6.07) is 8.66. The Hall–Kier alpha value is -2.97. The monoisotopic (exact) mass is 446 g/mol. The van der Waals surface area contributed by atoms with Crippen LogP contribution in [-0.4, -0.2) is 55.9 Å². The number of rotatable bonds is 17. The van der Waals surface area contributed by atoms with Gasteiger partial charge in [-0.15, -0.1) is 13.2 Å². The highest BCUT2D eigenvalue weighted by molar-refractivity contribution is 5.86. The van der Waals surface area contributed by atoms with Crippen LogP contribution >= 0.6 is 0 Å². The number of amides is 2. The fraction of sp³-hybridized carbons (Fsp3) is 0.458. The summed E-state index contributed by atoms with van der Waals surface area (Å²) in [5.41, 5.74) is 0.792. The Bertz CT molecular complexity index is 722. The average molecular weight is 447 g/mol. The first-order valence-electron chi connectivity index (χ1n) is 10.7. The molecule has 0 aromatic heterocycles. The van der Waals surface area contributed by atoms with Gasteiger partial charge in [-0.2, -0.15) is 0 Å². The summed E-state index contributed by atoms with van der Waals surface area (Å²) >= 11 is 0. The van der Waals surface area contributed by atoms with Crippen molar-refractivity contribution in [2.75, 3.05) is 33.0 Å². The third kappa shape index (κ3) is 11.4. The van der Waals surface area contributed by atoms with E-state index in [1.165, 1.54) is 0 Å². The first-order chi connectivity index (χ1) is 15.5. The molecule has 0 saturated carbocycles. The van der Waals surface area contributed by atoms with Crippen molar-refractivity contribution in [1.29, 1.82) is 0 Å².